The average molecular weight is 489 g/mol. The molecule has 0 aliphatic rings. The van der Waals surface area contributed by atoms with Gasteiger partial charge in [0.25, 0.3) is 11.5 Å². The lowest BCUT2D eigenvalue weighted by atomic mass is 10.1. The van der Waals surface area contributed by atoms with E-state index in [1.807, 2.05) is 24.3 Å². The minimum absolute atomic E-state index is 0.0156. The number of nitrogens with one attached hydrogen (secondary N) is 4. The normalized spacial score (nSPS) is 11.7. The first kappa shape index (κ1) is 24.3. The van der Waals surface area contributed by atoms with Crippen LogP contribution in [0.1, 0.15) is 16.8 Å². The number of likely N-dealkylation sites (N-methyl/N-ethyl adjacent to an activating group) is 1. The van der Waals surface area contributed by atoms with Crippen molar-refractivity contribution in [1.29, 1.82) is 0 Å². The van der Waals surface area contributed by atoms with Gasteiger partial charge in [0, 0.05) is 38.1 Å². The Morgan fingerprint density at radius 3 is 2.61 bits per heavy atom. The summed E-state index contributed by atoms with van der Waals surface area (Å²) < 4.78 is 1.31. The Labute approximate surface area is 204 Å². The zero-order valence-corrected chi connectivity index (χ0v) is 19.4. The van der Waals surface area contributed by atoms with Crippen LogP contribution in [0.2, 0.25) is 0 Å². The molecule has 0 bridgehead atoms. The van der Waals surface area contributed by atoms with E-state index in [-0.39, 0.29) is 25.1 Å². The molecular weight excluding hydrogens is 464 g/mol. The quantitative estimate of drug-likeness (QED) is 0.279. The molecule has 0 radical (unpaired) electrons. The van der Waals surface area contributed by atoms with Crippen LogP contribution in [-0.4, -0.2) is 51.9 Å². The fraction of sp³-hybridized carbons (Fsp3) is 0.200. The molecule has 11 nitrogen and oxygen atoms in total. The van der Waals surface area contributed by atoms with Crippen LogP contribution in [0.15, 0.2) is 70.4 Å². The van der Waals surface area contributed by atoms with Gasteiger partial charge >= 0.3 is 5.69 Å². The smallest absolute Gasteiger partial charge is 0.328 e. The van der Waals surface area contributed by atoms with Crippen LogP contribution in [0, 0.1) is 0 Å². The van der Waals surface area contributed by atoms with Gasteiger partial charge in [-0.15, -0.1) is 0 Å². The highest BCUT2D eigenvalue weighted by Crippen LogP contribution is 2.13. The number of nitrogens with zero attached hydrogens (tertiary/aromatic N) is 2. The first-order valence-electron chi connectivity index (χ1n) is 11.2. The summed E-state index contributed by atoms with van der Waals surface area (Å²) in [4.78, 5) is 68.3. The van der Waals surface area contributed by atoms with Crippen molar-refractivity contribution in [2.24, 2.45) is 0 Å². The molecule has 4 rings (SSSR count). The molecule has 0 spiro atoms. The molecule has 1 atom stereocenters. The molecular formula is C25H24N6O5. The van der Waals surface area contributed by atoms with Gasteiger partial charge in [-0.25, -0.2) is 4.79 Å². The molecule has 2 heterocycles. The Kier molecular flexibility index (Phi) is 7.19. The minimum Gasteiger partial charge on any atom is -0.357 e. The van der Waals surface area contributed by atoms with Gasteiger partial charge in [0.2, 0.25) is 11.8 Å². The second-order valence-corrected chi connectivity index (χ2v) is 8.04. The zero-order chi connectivity index (χ0) is 25.7. The van der Waals surface area contributed by atoms with Crippen molar-refractivity contribution in [3.63, 3.8) is 0 Å². The van der Waals surface area contributed by atoms with E-state index >= 15 is 0 Å². The monoisotopic (exact) mass is 488 g/mol. The van der Waals surface area contributed by atoms with Crippen molar-refractivity contribution in [2.75, 3.05) is 13.6 Å². The lowest BCUT2D eigenvalue weighted by molar-refractivity contribution is -0.123. The highest BCUT2D eigenvalue weighted by atomic mass is 16.2. The average Bonchev–Trinajstić information content (AvgIpc) is 2.90. The van der Waals surface area contributed by atoms with E-state index in [0.717, 1.165) is 10.9 Å². The number of aromatic amines is 1. The van der Waals surface area contributed by atoms with E-state index in [1.54, 1.807) is 30.3 Å². The number of pyridine rings is 1. The Morgan fingerprint density at radius 1 is 1.06 bits per heavy atom. The number of H-pyrrole nitrogens is 1. The first-order valence-corrected chi connectivity index (χ1v) is 11.2. The van der Waals surface area contributed by atoms with E-state index in [9.17, 15) is 24.0 Å². The van der Waals surface area contributed by atoms with Crippen molar-refractivity contribution < 1.29 is 14.4 Å². The maximum absolute atomic E-state index is 12.8. The summed E-state index contributed by atoms with van der Waals surface area (Å²) in [5, 5.41) is 8.81. The number of hydrogen-bond acceptors (Lipinski definition) is 6. The van der Waals surface area contributed by atoms with Crippen LogP contribution in [0.4, 0.5) is 0 Å². The molecule has 4 aromatic rings. The summed E-state index contributed by atoms with van der Waals surface area (Å²) in [6.45, 7) is -0.145. The largest absolute Gasteiger partial charge is 0.357 e. The first-order chi connectivity index (χ1) is 17.4. The summed E-state index contributed by atoms with van der Waals surface area (Å²) in [5.74, 6) is -1.43. The molecule has 184 valence electrons. The number of carbonyl (C=O) groups is 3. The molecule has 0 saturated heterocycles. The number of aromatic nitrogens is 3. The summed E-state index contributed by atoms with van der Waals surface area (Å²) in [5.41, 5.74) is 0.309. The topological polar surface area (TPSA) is 155 Å². The second kappa shape index (κ2) is 10.6. The van der Waals surface area contributed by atoms with Crippen molar-refractivity contribution in [3.05, 3.63) is 87.2 Å². The molecule has 0 unspecified atom stereocenters. The van der Waals surface area contributed by atoms with Crippen LogP contribution in [-0.2, 0) is 16.1 Å². The molecule has 36 heavy (non-hydrogen) atoms. The van der Waals surface area contributed by atoms with Crippen molar-refractivity contribution in [3.8, 4) is 0 Å². The molecule has 0 aliphatic carbocycles. The van der Waals surface area contributed by atoms with Gasteiger partial charge in [0.05, 0.1) is 22.0 Å². The number of para-hydroxylation sites is 2. The molecule has 0 saturated carbocycles. The third-order valence-electron chi connectivity index (χ3n) is 5.69. The number of hydrogen-bond donors (Lipinski definition) is 4. The number of rotatable bonds is 8. The third-order valence-corrected chi connectivity index (χ3v) is 5.69. The van der Waals surface area contributed by atoms with Gasteiger partial charge in [-0.3, -0.25) is 33.7 Å². The fourth-order valence-electron chi connectivity index (χ4n) is 3.80. The predicted octanol–water partition coefficient (Wildman–Crippen LogP) is 0.289. The molecule has 11 heteroatoms. The van der Waals surface area contributed by atoms with Crippen molar-refractivity contribution in [2.45, 2.75) is 19.0 Å². The van der Waals surface area contributed by atoms with Gasteiger partial charge in [-0.05, 0) is 24.3 Å². The van der Waals surface area contributed by atoms with E-state index in [4.69, 9.17) is 0 Å². The predicted molar refractivity (Wildman–Crippen MR) is 134 cm³/mol. The minimum atomic E-state index is -1.03. The molecule has 2 aromatic heterocycles. The Hall–Kier alpha value is -4.80. The fourth-order valence-corrected chi connectivity index (χ4v) is 3.80. The highest BCUT2D eigenvalue weighted by Gasteiger charge is 2.22. The lowest BCUT2D eigenvalue weighted by Gasteiger charge is -2.18. The van der Waals surface area contributed by atoms with E-state index in [0.29, 0.717) is 10.9 Å². The number of benzene rings is 2. The van der Waals surface area contributed by atoms with Crippen molar-refractivity contribution >= 4 is 39.5 Å². The Bertz CT molecular complexity index is 1570. The summed E-state index contributed by atoms with van der Waals surface area (Å²) in [6.07, 6.45) is 1.34. The maximum Gasteiger partial charge on any atom is 0.328 e. The van der Waals surface area contributed by atoms with Crippen LogP contribution in [0.25, 0.3) is 21.8 Å². The van der Waals surface area contributed by atoms with Crippen LogP contribution in [0.3, 0.4) is 0 Å². The SMILES string of the molecule is CNC(=O)[C@H](CNC(=O)CCn1c(=O)[nH]c(=O)c2ccccc21)NC(=O)c1cnc2ccccc2c1. The summed E-state index contributed by atoms with van der Waals surface area (Å²) in [7, 11) is 1.43. The number of amides is 3. The Morgan fingerprint density at radius 2 is 1.81 bits per heavy atom. The highest BCUT2D eigenvalue weighted by molar-refractivity contribution is 5.99. The molecule has 2 aromatic carbocycles. The summed E-state index contributed by atoms with van der Waals surface area (Å²) >= 11 is 0. The summed E-state index contributed by atoms with van der Waals surface area (Å²) in [6, 6.07) is 14.6. The molecule has 3 amide bonds. The van der Waals surface area contributed by atoms with Crippen LogP contribution >= 0.6 is 0 Å². The van der Waals surface area contributed by atoms with Crippen LogP contribution in [0.5, 0.6) is 0 Å². The van der Waals surface area contributed by atoms with E-state index in [2.05, 4.69) is 25.9 Å². The lowest BCUT2D eigenvalue weighted by Crippen LogP contribution is -2.52. The van der Waals surface area contributed by atoms with Gasteiger partial charge in [-0.1, -0.05) is 30.3 Å². The van der Waals surface area contributed by atoms with Gasteiger partial charge in [0.1, 0.15) is 6.04 Å². The maximum atomic E-state index is 12.8. The van der Waals surface area contributed by atoms with E-state index < -0.39 is 35.0 Å². The van der Waals surface area contributed by atoms with Crippen LogP contribution < -0.4 is 27.2 Å². The van der Waals surface area contributed by atoms with Gasteiger partial charge < -0.3 is 16.0 Å². The zero-order valence-electron chi connectivity index (χ0n) is 19.4. The second-order valence-electron chi connectivity index (χ2n) is 8.04. The number of carbonyl (C=O) groups excluding carboxylic acids is 3. The third kappa shape index (κ3) is 5.30. The molecule has 0 fully saturated rings. The van der Waals surface area contributed by atoms with Gasteiger partial charge in [0.15, 0.2) is 0 Å². The molecule has 4 N–H and O–H groups in total. The van der Waals surface area contributed by atoms with Gasteiger partial charge in [-0.2, -0.15) is 0 Å². The van der Waals surface area contributed by atoms with Crippen molar-refractivity contribution in [1.82, 2.24) is 30.5 Å². The van der Waals surface area contributed by atoms with E-state index in [1.165, 1.54) is 17.8 Å². The number of fused-ring (bicyclic) bond motifs is 2. The Balaban J connectivity index is 1.40. The standard InChI is InChI=1S/C25H24N6O5/c1-26-24(35)19(29-22(33)16-12-15-6-2-4-8-18(15)27-13-16)14-28-21(32)10-11-31-20-9-5-3-7-17(20)23(34)30-25(31)36/h2-9,12-13,19H,10-11,14H2,1H3,(H,26,35)(H,28,32)(H,29,33)(H,30,34,36)/t19-/m0/s1. The number of aryl methyl sites for hydroxylation is 1. The molecule has 0 aliphatic heterocycles.